The molecule has 0 saturated heterocycles. The van der Waals surface area contributed by atoms with Crippen molar-refractivity contribution in [3.63, 3.8) is 0 Å². The number of benzene rings is 1. The molecule has 0 amide bonds. The smallest absolute Gasteiger partial charge is 0.172 e. The Kier molecular flexibility index (Phi) is 4.11. The van der Waals surface area contributed by atoms with Crippen LogP contribution in [0.5, 0.6) is 0 Å². The van der Waals surface area contributed by atoms with E-state index in [-0.39, 0.29) is 5.84 Å². The fraction of sp³-hybridized carbons (Fsp3) is 0.462. The van der Waals surface area contributed by atoms with Crippen molar-refractivity contribution in [3.8, 4) is 0 Å². The van der Waals surface area contributed by atoms with E-state index in [4.69, 9.17) is 10.9 Å². The van der Waals surface area contributed by atoms with Crippen molar-refractivity contribution in [2.45, 2.75) is 31.7 Å². The topological polar surface area (TPSA) is 61.8 Å². The first-order valence-corrected chi connectivity index (χ1v) is 6.93. The van der Waals surface area contributed by atoms with E-state index >= 15 is 0 Å². The van der Waals surface area contributed by atoms with E-state index in [2.05, 4.69) is 33.0 Å². The molecule has 4 nitrogen and oxygen atoms in total. The van der Waals surface area contributed by atoms with Crippen molar-refractivity contribution < 1.29 is 5.21 Å². The van der Waals surface area contributed by atoms with Crippen LogP contribution in [0.2, 0.25) is 0 Å². The van der Waals surface area contributed by atoms with Crippen LogP contribution in [0.4, 0.5) is 5.69 Å². The Labute approximate surface area is 116 Å². The number of amidine groups is 1. The second kappa shape index (κ2) is 5.61. The summed E-state index contributed by atoms with van der Waals surface area (Å²) in [4.78, 5) is 2.24. The lowest BCUT2D eigenvalue weighted by Crippen LogP contribution is -2.31. The van der Waals surface area contributed by atoms with Crippen LogP contribution in [0, 0.1) is 0 Å². The minimum absolute atomic E-state index is 0.155. The van der Waals surface area contributed by atoms with Gasteiger partial charge in [-0.15, -0.1) is 0 Å². The van der Waals surface area contributed by atoms with E-state index in [1.807, 2.05) is 18.2 Å². The molecule has 0 atom stereocenters. The molecule has 0 bridgehead atoms. The third-order valence-electron chi connectivity index (χ3n) is 3.60. The first-order chi connectivity index (χ1) is 8.63. The molecular weight excluding hydrogens is 294 g/mol. The number of anilines is 1. The van der Waals surface area contributed by atoms with Gasteiger partial charge in [0.25, 0.3) is 0 Å². The van der Waals surface area contributed by atoms with Crippen molar-refractivity contribution in [2.24, 2.45) is 10.9 Å². The van der Waals surface area contributed by atoms with Gasteiger partial charge in [-0.05, 0) is 31.0 Å². The lowest BCUT2D eigenvalue weighted by molar-refractivity contribution is 0.318. The van der Waals surface area contributed by atoms with E-state index < -0.39 is 0 Å². The highest BCUT2D eigenvalue weighted by Crippen LogP contribution is 2.31. The Morgan fingerprint density at radius 2 is 2.11 bits per heavy atom. The molecule has 0 aromatic heterocycles. The first-order valence-electron chi connectivity index (χ1n) is 6.13. The molecule has 0 radical (unpaired) electrons. The molecule has 3 N–H and O–H groups in total. The number of nitrogens with two attached hydrogens (primary N) is 1. The van der Waals surface area contributed by atoms with Crippen LogP contribution in [-0.2, 0) is 0 Å². The maximum atomic E-state index is 8.86. The molecule has 1 fully saturated rings. The molecule has 1 aliphatic carbocycles. The van der Waals surface area contributed by atoms with Crippen LogP contribution < -0.4 is 10.6 Å². The zero-order chi connectivity index (χ0) is 13.1. The van der Waals surface area contributed by atoms with Gasteiger partial charge in [-0.25, -0.2) is 0 Å². The Balaban J connectivity index is 2.37. The monoisotopic (exact) mass is 311 g/mol. The SMILES string of the molecule is CN(c1cc(Br)ccc1/C(N)=N/O)C1CCCC1. The fourth-order valence-corrected chi connectivity index (χ4v) is 2.90. The number of halogens is 1. The first kappa shape index (κ1) is 13.2. The number of rotatable bonds is 3. The second-order valence-electron chi connectivity index (χ2n) is 4.70. The Morgan fingerprint density at radius 3 is 2.72 bits per heavy atom. The van der Waals surface area contributed by atoms with Crippen LogP contribution in [0.1, 0.15) is 31.2 Å². The maximum absolute atomic E-state index is 8.86. The number of oxime groups is 1. The van der Waals surface area contributed by atoms with Gasteiger partial charge in [-0.2, -0.15) is 0 Å². The summed E-state index contributed by atoms with van der Waals surface area (Å²) >= 11 is 3.47. The van der Waals surface area contributed by atoms with Crippen LogP contribution in [0.3, 0.4) is 0 Å². The molecule has 1 saturated carbocycles. The van der Waals surface area contributed by atoms with Crippen LogP contribution >= 0.6 is 15.9 Å². The van der Waals surface area contributed by atoms with Crippen LogP contribution in [-0.4, -0.2) is 24.1 Å². The summed E-state index contributed by atoms with van der Waals surface area (Å²) in [7, 11) is 2.08. The van der Waals surface area contributed by atoms with Gasteiger partial charge < -0.3 is 15.8 Å². The Morgan fingerprint density at radius 1 is 1.44 bits per heavy atom. The van der Waals surface area contributed by atoms with E-state index in [9.17, 15) is 0 Å². The number of hydrogen-bond acceptors (Lipinski definition) is 3. The molecule has 0 spiro atoms. The van der Waals surface area contributed by atoms with Crippen LogP contribution in [0.15, 0.2) is 27.8 Å². The van der Waals surface area contributed by atoms with Gasteiger partial charge in [0.05, 0.1) is 0 Å². The highest BCUT2D eigenvalue weighted by Gasteiger charge is 2.22. The molecule has 0 heterocycles. The lowest BCUT2D eigenvalue weighted by Gasteiger charge is -2.28. The van der Waals surface area contributed by atoms with E-state index in [0.29, 0.717) is 6.04 Å². The standard InChI is InChI=1S/C13H18BrN3O/c1-17(10-4-2-3-5-10)12-8-9(14)6-7-11(12)13(15)16-18/h6-8,10,18H,2-5H2,1H3,(H2,15,16). The fourth-order valence-electron chi connectivity index (χ4n) is 2.56. The summed E-state index contributed by atoms with van der Waals surface area (Å²) in [6, 6.07) is 6.34. The van der Waals surface area contributed by atoms with Crippen molar-refractivity contribution in [1.82, 2.24) is 0 Å². The maximum Gasteiger partial charge on any atom is 0.172 e. The second-order valence-corrected chi connectivity index (χ2v) is 5.61. The Bertz CT molecular complexity index is 456. The van der Waals surface area contributed by atoms with Crippen molar-refractivity contribution >= 4 is 27.5 Å². The molecule has 18 heavy (non-hydrogen) atoms. The van der Waals surface area contributed by atoms with Gasteiger partial charge in [-0.1, -0.05) is 33.9 Å². The third-order valence-corrected chi connectivity index (χ3v) is 4.09. The van der Waals surface area contributed by atoms with Crippen molar-refractivity contribution in [3.05, 3.63) is 28.2 Å². The predicted octanol–water partition coefficient (Wildman–Crippen LogP) is 2.92. The summed E-state index contributed by atoms with van der Waals surface area (Å²) in [5, 5.41) is 12.0. The molecule has 1 aromatic carbocycles. The summed E-state index contributed by atoms with van der Waals surface area (Å²) in [5.74, 6) is 0.155. The van der Waals surface area contributed by atoms with E-state index in [0.717, 1.165) is 15.7 Å². The summed E-state index contributed by atoms with van der Waals surface area (Å²) in [5.41, 5.74) is 7.52. The zero-order valence-corrected chi connectivity index (χ0v) is 12.0. The van der Waals surface area contributed by atoms with E-state index in [1.165, 1.54) is 25.7 Å². The van der Waals surface area contributed by atoms with Crippen molar-refractivity contribution in [2.75, 3.05) is 11.9 Å². The molecule has 2 rings (SSSR count). The minimum atomic E-state index is 0.155. The Hall–Kier alpha value is -1.23. The van der Waals surface area contributed by atoms with Crippen molar-refractivity contribution in [1.29, 1.82) is 0 Å². The molecule has 5 heteroatoms. The summed E-state index contributed by atoms with van der Waals surface area (Å²) in [6.07, 6.45) is 4.97. The number of hydrogen-bond donors (Lipinski definition) is 2. The summed E-state index contributed by atoms with van der Waals surface area (Å²) < 4.78 is 0.997. The molecule has 0 aliphatic heterocycles. The number of nitrogens with zero attached hydrogens (tertiary/aromatic N) is 2. The van der Waals surface area contributed by atoms with Gasteiger partial charge in [0.1, 0.15) is 0 Å². The normalized spacial score (nSPS) is 17.1. The summed E-state index contributed by atoms with van der Waals surface area (Å²) in [6.45, 7) is 0. The lowest BCUT2D eigenvalue weighted by atomic mass is 10.1. The van der Waals surface area contributed by atoms with Gasteiger partial charge in [-0.3, -0.25) is 0 Å². The third kappa shape index (κ3) is 2.61. The predicted molar refractivity (Wildman–Crippen MR) is 77.3 cm³/mol. The van der Waals surface area contributed by atoms with Gasteiger partial charge >= 0.3 is 0 Å². The largest absolute Gasteiger partial charge is 0.409 e. The average Bonchev–Trinajstić information content (AvgIpc) is 2.90. The highest BCUT2D eigenvalue weighted by molar-refractivity contribution is 9.10. The molecular formula is C13H18BrN3O. The minimum Gasteiger partial charge on any atom is -0.409 e. The van der Waals surface area contributed by atoms with E-state index in [1.54, 1.807) is 0 Å². The zero-order valence-electron chi connectivity index (χ0n) is 10.4. The van der Waals surface area contributed by atoms with Crippen LogP contribution in [0.25, 0.3) is 0 Å². The quantitative estimate of drug-likeness (QED) is 0.390. The molecule has 1 aliphatic rings. The molecule has 0 unspecified atom stereocenters. The molecule has 1 aromatic rings. The van der Waals surface area contributed by atoms with Gasteiger partial charge in [0.2, 0.25) is 0 Å². The van der Waals surface area contributed by atoms with Gasteiger partial charge in [0.15, 0.2) is 5.84 Å². The highest BCUT2D eigenvalue weighted by atomic mass is 79.9. The average molecular weight is 312 g/mol. The molecule has 98 valence electrons. The van der Waals surface area contributed by atoms with Gasteiger partial charge in [0, 0.05) is 28.8 Å².